The van der Waals surface area contributed by atoms with Crippen molar-refractivity contribution in [2.75, 3.05) is 16.4 Å². The summed E-state index contributed by atoms with van der Waals surface area (Å²) in [5.74, 6) is 0.822. The molecule has 108 valence electrons. The molecule has 21 heavy (non-hydrogen) atoms. The van der Waals surface area contributed by atoms with E-state index < -0.39 is 0 Å². The second-order valence-electron chi connectivity index (χ2n) is 4.45. The maximum absolute atomic E-state index is 12.2. The van der Waals surface area contributed by atoms with E-state index >= 15 is 0 Å². The predicted octanol–water partition coefficient (Wildman–Crippen LogP) is 1.66. The molecule has 2 heterocycles. The Hall–Kier alpha value is -2.35. The van der Waals surface area contributed by atoms with Crippen LogP contribution in [0.15, 0.2) is 23.4 Å². The molecule has 2 amide bonds. The molecule has 1 aromatic carbocycles. The molecule has 0 radical (unpaired) electrons. The number of hydrogen-bond donors (Lipinski definition) is 3. The summed E-state index contributed by atoms with van der Waals surface area (Å²) in [6.07, 6.45) is 0.302. The van der Waals surface area contributed by atoms with Crippen LogP contribution >= 0.6 is 11.8 Å². The summed E-state index contributed by atoms with van der Waals surface area (Å²) < 4.78 is 0. The van der Waals surface area contributed by atoms with Gasteiger partial charge in [0, 0.05) is 11.3 Å². The van der Waals surface area contributed by atoms with Crippen LogP contribution in [0.1, 0.15) is 22.8 Å². The first-order chi connectivity index (χ1) is 10.2. The summed E-state index contributed by atoms with van der Waals surface area (Å²) in [5, 5.41) is 12.6. The number of benzene rings is 1. The lowest BCUT2D eigenvalue weighted by molar-refractivity contribution is -0.115. The number of carbonyl (C=O) groups excluding carboxylic acids is 2. The monoisotopic (exact) mass is 303 g/mol. The molecule has 3 rings (SSSR count). The van der Waals surface area contributed by atoms with Crippen LogP contribution in [-0.4, -0.2) is 32.7 Å². The standard InChI is InChI=1S/C13H13N5O2S/c1-2-21-13-16-12(17-18-13)15-11(20)7-3-4-9-8(5-7)6-10(19)14-9/h3-5H,2,6H2,1H3,(H,14,19)(H2,15,16,17,18,20). The maximum Gasteiger partial charge on any atom is 0.258 e. The van der Waals surface area contributed by atoms with Crippen molar-refractivity contribution in [1.29, 1.82) is 0 Å². The average molecular weight is 303 g/mol. The van der Waals surface area contributed by atoms with Gasteiger partial charge >= 0.3 is 0 Å². The van der Waals surface area contributed by atoms with Crippen molar-refractivity contribution in [2.45, 2.75) is 18.5 Å². The average Bonchev–Trinajstić information content (AvgIpc) is 3.03. The molecule has 2 aromatic rings. The first-order valence-electron chi connectivity index (χ1n) is 6.45. The van der Waals surface area contributed by atoms with Gasteiger partial charge in [0.05, 0.1) is 6.42 Å². The van der Waals surface area contributed by atoms with Crippen LogP contribution in [-0.2, 0) is 11.2 Å². The molecule has 7 nitrogen and oxygen atoms in total. The molecule has 0 atom stereocenters. The summed E-state index contributed by atoms with van der Waals surface area (Å²) >= 11 is 1.49. The molecule has 3 N–H and O–H groups in total. The maximum atomic E-state index is 12.2. The van der Waals surface area contributed by atoms with Crippen LogP contribution in [0.3, 0.4) is 0 Å². The molecule has 1 aliphatic rings. The zero-order valence-electron chi connectivity index (χ0n) is 11.3. The highest BCUT2D eigenvalue weighted by molar-refractivity contribution is 7.99. The normalized spacial score (nSPS) is 12.9. The Labute approximate surface area is 124 Å². The van der Waals surface area contributed by atoms with Crippen LogP contribution < -0.4 is 10.6 Å². The number of H-pyrrole nitrogens is 1. The van der Waals surface area contributed by atoms with Crippen LogP contribution in [0.4, 0.5) is 11.6 Å². The molecular weight excluding hydrogens is 290 g/mol. The van der Waals surface area contributed by atoms with Gasteiger partial charge in [-0.2, -0.15) is 4.98 Å². The Balaban J connectivity index is 1.73. The van der Waals surface area contributed by atoms with Crippen LogP contribution in [0.5, 0.6) is 0 Å². The molecule has 8 heteroatoms. The van der Waals surface area contributed by atoms with E-state index in [1.54, 1.807) is 18.2 Å². The Bertz CT molecular complexity index is 712. The van der Waals surface area contributed by atoms with Gasteiger partial charge in [-0.05, 0) is 29.5 Å². The fourth-order valence-corrected chi connectivity index (χ4v) is 2.57. The van der Waals surface area contributed by atoms with E-state index in [2.05, 4.69) is 25.8 Å². The lowest BCUT2D eigenvalue weighted by atomic mass is 10.1. The number of nitrogens with one attached hydrogen (secondary N) is 3. The van der Waals surface area contributed by atoms with E-state index in [1.807, 2.05) is 6.92 Å². The van der Waals surface area contributed by atoms with E-state index in [4.69, 9.17) is 0 Å². The van der Waals surface area contributed by atoms with Gasteiger partial charge in [0.2, 0.25) is 17.0 Å². The number of nitrogens with zero attached hydrogens (tertiary/aromatic N) is 2. The van der Waals surface area contributed by atoms with Crippen molar-refractivity contribution < 1.29 is 9.59 Å². The first-order valence-corrected chi connectivity index (χ1v) is 7.43. The summed E-state index contributed by atoms with van der Waals surface area (Å²) in [7, 11) is 0. The van der Waals surface area contributed by atoms with Crippen molar-refractivity contribution in [3.8, 4) is 0 Å². The van der Waals surface area contributed by atoms with Gasteiger partial charge < -0.3 is 5.32 Å². The molecule has 0 saturated heterocycles. The molecule has 1 aliphatic heterocycles. The lowest BCUT2D eigenvalue weighted by Crippen LogP contribution is -2.13. The predicted molar refractivity (Wildman–Crippen MR) is 79.5 cm³/mol. The molecule has 0 fully saturated rings. The van der Waals surface area contributed by atoms with Gasteiger partial charge in [-0.15, -0.1) is 5.10 Å². The van der Waals surface area contributed by atoms with Crippen LogP contribution in [0.25, 0.3) is 0 Å². The third-order valence-corrected chi connectivity index (χ3v) is 3.69. The van der Waals surface area contributed by atoms with E-state index in [-0.39, 0.29) is 11.8 Å². The van der Waals surface area contributed by atoms with Crippen molar-refractivity contribution in [3.05, 3.63) is 29.3 Å². The minimum atomic E-state index is -0.290. The number of hydrogen-bond acceptors (Lipinski definition) is 5. The largest absolute Gasteiger partial charge is 0.326 e. The SMILES string of the molecule is CCSc1n[nH]c(NC(=O)c2ccc3c(c2)CC(=O)N3)n1. The van der Waals surface area contributed by atoms with E-state index in [9.17, 15) is 9.59 Å². The molecule has 0 bridgehead atoms. The summed E-state index contributed by atoms with van der Waals surface area (Å²) in [4.78, 5) is 27.6. The third-order valence-electron chi connectivity index (χ3n) is 2.96. The minimum Gasteiger partial charge on any atom is -0.326 e. The van der Waals surface area contributed by atoms with Crippen molar-refractivity contribution >= 4 is 35.2 Å². The Morgan fingerprint density at radius 2 is 2.33 bits per heavy atom. The Morgan fingerprint density at radius 3 is 3.14 bits per heavy atom. The summed E-state index contributed by atoms with van der Waals surface area (Å²) in [5.41, 5.74) is 2.07. The number of thioether (sulfide) groups is 1. The zero-order valence-corrected chi connectivity index (χ0v) is 12.1. The zero-order chi connectivity index (χ0) is 14.8. The molecule has 0 unspecified atom stereocenters. The minimum absolute atomic E-state index is 0.0565. The lowest BCUT2D eigenvalue weighted by Gasteiger charge is -2.03. The van der Waals surface area contributed by atoms with Gasteiger partial charge in [0.1, 0.15) is 0 Å². The molecule has 0 aliphatic carbocycles. The highest BCUT2D eigenvalue weighted by Crippen LogP contribution is 2.24. The number of anilines is 2. The fraction of sp³-hybridized carbons (Fsp3) is 0.231. The topological polar surface area (TPSA) is 99.8 Å². The van der Waals surface area contributed by atoms with E-state index in [0.717, 1.165) is 17.0 Å². The second kappa shape index (κ2) is 5.57. The number of amides is 2. The van der Waals surface area contributed by atoms with E-state index in [0.29, 0.717) is 23.1 Å². The molecule has 1 aromatic heterocycles. The van der Waals surface area contributed by atoms with Gasteiger partial charge in [0.25, 0.3) is 5.91 Å². The highest BCUT2D eigenvalue weighted by Gasteiger charge is 2.19. The van der Waals surface area contributed by atoms with Gasteiger partial charge in [-0.1, -0.05) is 18.7 Å². The van der Waals surface area contributed by atoms with Gasteiger partial charge in [0.15, 0.2) is 0 Å². The summed E-state index contributed by atoms with van der Waals surface area (Å²) in [6.45, 7) is 2.00. The van der Waals surface area contributed by atoms with Crippen molar-refractivity contribution in [2.24, 2.45) is 0 Å². The summed E-state index contributed by atoms with van der Waals surface area (Å²) in [6, 6.07) is 5.10. The van der Waals surface area contributed by atoms with Crippen molar-refractivity contribution in [3.63, 3.8) is 0 Å². The Kier molecular flexibility index (Phi) is 3.61. The number of carbonyl (C=O) groups is 2. The van der Waals surface area contributed by atoms with Crippen LogP contribution in [0.2, 0.25) is 0 Å². The third kappa shape index (κ3) is 2.89. The number of aromatic amines is 1. The molecular formula is C13H13N5O2S. The first kappa shape index (κ1) is 13.6. The smallest absolute Gasteiger partial charge is 0.258 e. The van der Waals surface area contributed by atoms with E-state index in [1.165, 1.54) is 11.8 Å². The van der Waals surface area contributed by atoms with Crippen molar-refractivity contribution in [1.82, 2.24) is 15.2 Å². The number of aromatic nitrogens is 3. The number of rotatable bonds is 4. The fourth-order valence-electron chi connectivity index (χ4n) is 2.05. The molecule has 0 spiro atoms. The highest BCUT2D eigenvalue weighted by atomic mass is 32.2. The van der Waals surface area contributed by atoms with Crippen LogP contribution in [0, 0.1) is 0 Å². The molecule has 0 saturated carbocycles. The van der Waals surface area contributed by atoms with Gasteiger partial charge in [-0.3, -0.25) is 14.9 Å². The second-order valence-corrected chi connectivity index (χ2v) is 5.68. The number of fused-ring (bicyclic) bond motifs is 1. The Morgan fingerprint density at radius 1 is 1.48 bits per heavy atom. The quantitative estimate of drug-likeness (QED) is 0.746. The van der Waals surface area contributed by atoms with Gasteiger partial charge in [-0.25, -0.2) is 5.10 Å².